The average molecular weight is 296 g/mol. The molecule has 1 rings (SSSR count). The summed E-state index contributed by atoms with van der Waals surface area (Å²) in [6.45, 7) is 1.94. The topological polar surface area (TPSA) is 78.4 Å². The Morgan fingerprint density at radius 2 is 2.05 bits per heavy atom. The number of rotatable bonds is 7. The maximum Gasteiger partial charge on any atom is 0.319 e. The molecule has 0 fully saturated rings. The van der Waals surface area contributed by atoms with E-state index in [0.717, 1.165) is 11.3 Å². The van der Waals surface area contributed by atoms with Crippen molar-refractivity contribution in [3.63, 3.8) is 0 Å². The molecule has 1 atom stereocenters. The lowest BCUT2D eigenvalue weighted by atomic mass is 10.1. The van der Waals surface area contributed by atoms with E-state index in [1.54, 1.807) is 17.8 Å². The number of nitrogens with one attached hydrogen (secondary N) is 2. The van der Waals surface area contributed by atoms with E-state index in [0.29, 0.717) is 12.1 Å². The Labute approximate surface area is 123 Å². The van der Waals surface area contributed by atoms with Crippen molar-refractivity contribution < 1.29 is 14.7 Å². The minimum Gasteiger partial charge on any atom is -0.481 e. The zero-order valence-electron chi connectivity index (χ0n) is 11.7. The fourth-order valence-electron chi connectivity index (χ4n) is 1.78. The number of hydrogen-bond donors (Lipinski definition) is 3. The molecule has 20 heavy (non-hydrogen) atoms. The largest absolute Gasteiger partial charge is 0.481 e. The summed E-state index contributed by atoms with van der Waals surface area (Å²) in [5, 5.41) is 14.3. The van der Waals surface area contributed by atoms with Gasteiger partial charge >= 0.3 is 12.0 Å². The second kappa shape index (κ2) is 8.47. The first-order valence-corrected chi connectivity index (χ1v) is 7.78. The van der Waals surface area contributed by atoms with Crippen LogP contribution < -0.4 is 10.6 Å². The molecule has 1 aromatic rings. The first-order chi connectivity index (χ1) is 9.52. The molecule has 0 heterocycles. The number of aliphatic carboxylic acids is 1. The summed E-state index contributed by atoms with van der Waals surface area (Å²) in [5.41, 5.74) is 1.48. The van der Waals surface area contributed by atoms with Crippen LogP contribution in [0.2, 0.25) is 0 Å². The van der Waals surface area contributed by atoms with Gasteiger partial charge in [-0.15, -0.1) is 0 Å². The van der Waals surface area contributed by atoms with Gasteiger partial charge in [0.25, 0.3) is 0 Å². The predicted molar refractivity (Wildman–Crippen MR) is 82.4 cm³/mol. The second-order valence-electron chi connectivity index (χ2n) is 4.51. The molecule has 0 saturated carbocycles. The number of carbonyl (C=O) groups excluding carboxylic acids is 1. The van der Waals surface area contributed by atoms with Gasteiger partial charge in [0.05, 0.1) is 0 Å². The van der Waals surface area contributed by atoms with Gasteiger partial charge in [-0.1, -0.05) is 18.2 Å². The van der Waals surface area contributed by atoms with Gasteiger partial charge in [-0.25, -0.2) is 4.79 Å². The molecule has 110 valence electrons. The highest BCUT2D eigenvalue weighted by Gasteiger charge is 2.10. The number of carbonyl (C=O) groups is 2. The normalized spacial score (nSPS) is 11.7. The smallest absolute Gasteiger partial charge is 0.319 e. The van der Waals surface area contributed by atoms with Gasteiger partial charge < -0.3 is 15.7 Å². The Morgan fingerprint density at radius 3 is 2.70 bits per heavy atom. The van der Waals surface area contributed by atoms with Crippen LogP contribution in [0.15, 0.2) is 24.3 Å². The maximum atomic E-state index is 11.8. The van der Waals surface area contributed by atoms with Crippen LogP contribution >= 0.6 is 11.8 Å². The van der Waals surface area contributed by atoms with Crippen LogP contribution in [0, 0.1) is 0 Å². The molecule has 0 saturated heterocycles. The number of carboxylic acid groups (broad SMARTS) is 1. The molecular formula is C14H20N2O3S. The number of carboxylic acids is 1. The monoisotopic (exact) mass is 296 g/mol. The molecule has 0 aliphatic carbocycles. The number of amides is 2. The molecule has 1 unspecified atom stereocenters. The van der Waals surface area contributed by atoms with Crippen molar-refractivity contribution in [1.82, 2.24) is 5.32 Å². The van der Waals surface area contributed by atoms with Crippen molar-refractivity contribution in [2.75, 3.05) is 17.3 Å². The number of urea groups is 1. The number of anilines is 1. The summed E-state index contributed by atoms with van der Waals surface area (Å²) in [7, 11) is 0. The molecule has 0 radical (unpaired) electrons. The summed E-state index contributed by atoms with van der Waals surface area (Å²) in [5.74, 6) is -0.00787. The van der Waals surface area contributed by atoms with Gasteiger partial charge in [-0.3, -0.25) is 4.79 Å². The zero-order chi connectivity index (χ0) is 15.0. The molecule has 3 N–H and O–H groups in total. The Kier molecular flexibility index (Phi) is 6.93. The lowest BCUT2D eigenvalue weighted by molar-refractivity contribution is -0.136. The molecule has 0 spiro atoms. The van der Waals surface area contributed by atoms with Crippen molar-refractivity contribution >= 4 is 29.4 Å². The van der Waals surface area contributed by atoms with Crippen LogP contribution in [0.25, 0.3) is 0 Å². The third-order valence-electron chi connectivity index (χ3n) is 2.67. The molecule has 2 amide bonds. The van der Waals surface area contributed by atoms with Crippen molar-refractivity contribution in [3.8, 4) is 0 Å². The average Bonchev–Trinajstić information content (AvgIpc) is 2.37. The number of hydrogen-bond acceptors (Lipinski definition) is 3. The van der Waals surface area contributed by atoms with E-state index in [2.05, 4.69) is 10.6 Å². The van der Waals surface area contributed by atoms with E-state index < -0.39 is 5.97 Å². The molecule has 0 aliphatic heterocycles. The predicted octanol–water partition coefficient (Wildman–Crippen LogP) is 2.58. The van der Waals surface area contributed by atoms with Gasteiger partial charge in [0.15, 0.2) is 0 Å². The van der Waals surface area contributed by atoms with Crippen molar-refractivity contribution in [2.24, 2.45) is 0 Å². The molecule has 1 aromatic carbocycles. The second-order valence-corrected chi connectivity index (χ2v) is 5.42. The van der Waals surface area contributed by atoms with E-state index in [1.165, 1.54) is 0 Å². The van der Waals surface area contributed by atoms with E-state index in [9.17, 15) is 9.59 Å². The Morgan fingerprint density at radius 1 is 1.35 bits per heavy atom. The van der Waals surface area contributed by atoms with Crippen molar-refractivity contribution in [3.05, 3.63) is 29.8 Å². The number of benzene rings is 1. The lowest BCUT2D eigenvalue weighted by Gasteiger charge is -2.15. The van der Waals surface area contributed by atoms with Gasteiger partial charge in [0.2, 0.25) is 0 Å². The highest BCUT2D eigenvalue weighted by molar-refractivity contribution is 7.98. The Balaban J connectivity index is 2.62. The quantitative estimate of drug-likeness (QED) is 0.722. The summed E-state index contributed by atoms with van der Waals surface area (Å²) in [6.07, 6.45) is 2.42. The van der Waals surface area contributed by atoms with Crippen molar-refractivity contribution in [2.45, 2.75) is 25.8 Å². The van der Waals surface area contributed by atoms with Gasteiger partial charge in [-0.2, -0.15) is 11.8 Å². The first kappa shape index (κ1) is 16.4. The summed E-state index contributed by atoms with van der Waals surface area (Å²) >= 11 is 1.66. The number of aryl methyl sites for hydroxylation is 1. The minimum absolute atomic E-state index is 0.0448. The SMILES string of the molecule is CSCC(C)NC(=O)Nc1ccccc1CCC(=O)O. The van der Waals surface area contributed by atoms with Gasteiger partial charge in [-0.05, 0) is 31.2 Å². The third kappa shape index (κ3) is 5.97. The summed E-state index contributed by atoms with van der Waals surface area (Å²) in [4.78, 5) is 22.5. The Bertz CT molecular complexity index is 465. The highest BCUT2D eigenvalue weighted by atomic mass is 32.2. The van der Waals surface area contributed by atoms with Crippen molar-refractivity contribution in [1.29, 1.82) is 0 Å². The van der Waals surface area contributed by atoms with Crippen LogP contribution in [0.3, 0.4) is 0 Å². The Hall–Kier alpha value is -1.69. The van der Waals surface area contributed by atoms with E-state index in [-0.39, 0.29) is 18.5 Å². The van der Waals surface area contributed by atoms with Crippen LogP contribution in [0.5, 0.6) is 0 Å². The zero-order valence-corrected chi connectivity index (χ0v) is 12.5. The van der Waals surface area contributed by atoms with E-state index >= 15 is 0 Å². The lowest BCUT2D eigenvalue weighted by Crippen LogP contribution is -2.37. The van der Waals surface area contributed by atoms with Crippen LogP contribution in [-0.2, 0) is 11.2 Å². The van der Waals surface area contributed by atoms with Crippen LogP contribution in [0.1, 0.15) is 18.9 Å². The molecular weight excluding hydrogens is 276 g/mol. The molecule has 0 aromatic heterocycles. The number of para-hydroxylation sites is 1. The molecule has 6 heteroatoms. The van der Waals surface area contributed by atoms with E-state index in [4.69, 9.17) is 5.11 Å². The van der Waals surface area contributed by atoms with Gasteiger partial charge in [0, 0.05) is 23.9 Å². The fraction of sp³-hybridized carbons (Fsp3) is 0.429. The summed E-state index contributed by atoms with van der Waals surface area (Å²) in [6, 6.07) is 7.05. The highest BCUT2D eigenvalue weighted by Crippen LogP contribution is 2.16. The maximum absolute atomic E-state index is 11.8. The van der Waals surface area contributed by atoms with Crippen LogP contribution in [-0.4, -0.2) is 35.2 Å². The molecule has 0 aliphatic rings. The van der Waals surface area contributed by atoms with Crippen LogP contribution in [0.4, 0.5) is 10.5 Å². The number of thioether (sulfide) groups is 1. The fourth-order valence-corrected chi connectivity index (χ4v) is 2.36. The minimum atomic E-state index is -0.849. The third-order valence-corrected chi connectivity index (χ3v) is 3.50. The van der Waals surface area contributed by atoms with E-state index in [1.807, 2.05) is 31.4 Å². The first-order valence-electron chi connectivity index (χ1n) is 6.39. The summed E-state index contributed by atoms with van der Waals surface area (Å²) < 4.78 is 0. The molecule has 0 bridgehead atoms. The molecule has 5 nitrogen and oxygen atoms in total. The standard InChI is InChI=1S/C14H20N2O3S/c1-10(9-20-2)15-14(19)16-12-6-4-3-5-11(12)7-8-13(17)18/h3-6,10H,7-9H2,1-2H3,(H,17,18)(H2,15,16,19). The van der Waals surface area contributed by atoms with Gasteiger partial charge in [0.1, 0.15) is 0 Å².